The van der Waals surface area contributed by atoms with Crippen molar-refractivity contribution in [1.29, 1.82) is 0 Å². The minimum atomic E-state index is -0.587. The van der Waals surface area contributed by atoms with Crippen LogP contribution in [0.3, 0.4) is 0 Å². The van der Waals surface area contributed by atoms with Crippen molar-refractivity contribution in [3.05, 3.63) is 71.8 Å². The van der Waals surface area contributed by atoms with Crippen LogP contribution in [-0.4, -0.2) is 43.4 Å². The van der Waals surface area contributed by atoms with Crippen LogP contribution in [-0.2, 0) is 4.79 Å². The maximum atomic E-state index is 12.8. The first kappa shape index (κ1) is 20.6. The van der Waals surface area contributed by atoms with E-state index in [0.717, 1.165) is 5.56 Å². The van der Waals surface area contributed by atoms with Crippen LogP contribution in [0.2, 0.25) is 0 Å². The van der Waals surface area contributed by atoms with Crippen molar-refractivity contribution in [2.45, 2.75) is 25.9 Å². The quantitative estimate of drug-likeness (QED) is 0.754. The van der Waals surface area contributed by atoms with E-state index < -0.39 is 6.04 Å². The number of rotatable bonds is 8. The molecule has 2 aromatic rings. The first-order valence-corrected chi connectivity index (χ1v) is 9.25. The third-order valence-electron chi connectivity index (χ3n) is 4.55. The summed E-state index contributed by atoms with van der Waals surface area (Å²) >= 11 is 0. The third-order valence-corrected chi connectivity index (χ3v) is 4.55. The second-order valence-corrected chi connectivity index (χ2v) is 7.20. The highest BCUT2D eigenvalue weighted by atomic mass is 16.2. The molecule has 5 heteroatoms. The molecule has 2 aromatic carbocycles. The van der Waals surface area contributed by atoms with Gasteiger partial charge in [-0.3, -0.25) is 9.59 Å². The topological polar surface area (TPSA) is 61.4 Å². The van der Waals surface area contributed by atoms with E-state index in [-0.39, 0.29) is 23.8 Å². The van der Waals surface area contributed by atoms with Gasteiger partial charge < -0.3 is 15.5 Å². The van der Waals surface area contributed by atoms with Crippen LogP contribution < -0.4 is 10.6 Å². The predicted octanol–water partition coefficient (Wildman–Crippen LogP) is 2.86. The molecule has 0 saturated heterocycles. The smallest absolute Gasteiger partial charge is 0.251 e. The molecule has 0 aliphatic carbocycles. The van der Waals surface area contributed by atoms with Gasteiger partial charge in [-0.25, -0.2) is 0 Å². The summed E-state index contributed by atoms with van der Waals surface area (Å²) in [6.07, 6.45) is 0. The van der Waals surface area contributed by atoms with Crippen molar-refractivity contribution in [2.75, 3.05) is 20.6 Å². The number of hydrogen-bond donors (Lipinski definition) is 2. The largest absolute Gasteiger partial charge is 0.352 e. The van der Waals surface area contributed by atoms with Gasteiger partial charge in [-0.1, -0.05) is 62.4 Å². The number of hydrogen-bond acceptors (Lipinski definition) is 3. The van der Waals surface area contributed by atoms with Crippen molar-refractivity contribution in [2.24, 2.45) is 5.92 Å². The summed E-state index contributed by atoms with van der Waals surface area (Å²) in [5.74, 6) is -0.430. The van der Waals surface area contributed by atoms with Crippen molar-refractivity contribution in [3.63, 3.8) is 0 Å². The molecular weight excluding hydrogens is 338 g/mol. The van der Waals surface area contributed by atoms with E-state index in [4.69, 9.17) is 0 Å². The van der Waals surface area contributed by atoms with Gasteiger partial charge in [0.1, 0.15) is 6.04 Å². The molecule has 0 bridgehead atoms. The zero-order valence-corrected chi connectivity index (χ0v) is 16.5. The number of nitrogens with zero attached hydrogens (tertiary/aromatic N) is 1. The Hall–Kier alpha value is -2.66. The normalized spacial score (nSPS) is 13.3. The lowest BCUT2D eigenvalue weighted by Gasteiger charge is -2.27. The molecule has 0 spiro atoms. The average Bonchev–Trinajstić information content (AvgIpc) is 2.67. The molecule has 5 nitrogen and oxygen atoms in total. The molecule has 0 aromatic heterocycles. The number of likely N-dealkylation sites (N-methyl/N-ethyl adjacent to an activating group) is 1. The lowest BCUT2D eigenvalue weighted by molar-refractivity contribution is -0.124. The van der Waals surface area contributed by atoms with Gasteiger partial charge >= 0.3 is 0 Å². The summed E-state index contributed by atoms with van der Waals surface area (Å²) in [7, 11) is 3.97. The van der Waals surface area contributed by atoms with Gasteiger partial charge in [-0.2, -0.15) is 0 Å². The fraction of sp³-hybridized carbons (Fsp3) is 0.364. The fourth-order valence-corrected chi connectivity index (χ4v) is 2.93. The van der Waals surface area contributed by atoms with Crippen molar-refractivity contribution in [1.82, 2.24) is 15.5 Å². The lowest BCUT2D eigenvalue weighted by atomic mass is 10.0. The Bertz CT molecular complexity index is 730. The highest BCUT2D eigenvalue weighted by Crippen LogP contribution is 2.17. The molecule has 0 aliphatic heterocycles. The molecule has 0 aliphatic rings. The average molecular weight is 367 g/mol. The van der Waals surface area contributed by atoms with E-state index in [1.54, 1.807) is 24.3 Å². The highest BCUT2D eigenvalue weighted by molar-refractivity contribution is 5.97. The van der Waals surface area contributed by atoms with Crippen LogP contribution in [0.25, 0.3) is 0 Å². The molecule has 2 atom stereocenters. The van der Waals surface area contributed by atoms with Crippen LogP contribution >= 0.6 is 0 Å². The summed E-state index contributed by atoms with van der Waals surface area (Å²) in [5, 5.41) is 5.87. The summed E-state index contributed by atoms with van der Waals surface area (Å²) in [6.45, 7) is 4.33. The van der Waals surface area contributed by atoms with Gasteiger partial charge in [0, 0.05) is 12.1 Å². The number of carbonyl (C=O) groups excluding carboxylic acids is 2. The van der Waals surface area contributed by atoms with Crippen molar-refractivity contribution < 1.29 is 9.59 Å². The Morgan fingerprint density at radius 2 is 1.48 bits per heavy atom. The molecule has 0 fully saturated rings. The van der Waals surface area contributed by atoms with Gasteiger partial charge in [0.15, 0.2) is 0 Å². The van der Waals surface area contributed by atoms with Crippen LogP contribution in [0.1, 0.15) is 35.8 Å². The summed E-state index contributed by atoms with van der Waals surface area (Å²) in [6, 6.07) is 18.5. The molecule has 2 N–H and O–H groups in total. The van der Waals surface area contributed by atoms with Gasteiger partial charge in [0.2, 0.25) is 5.91 Å². The molecule has 144 valence electrons. The minimum absolute atomic E-state index is 0.0211. The zero-order valence-electron chi connectivity index (χ0n) is 16.5. The first-order chi connectivity index (χ1) is 12.9. The first-order valence-electron chi connectivity index (χ1n) is 9.25. The number of nitrogens with one attached hydrogen (secondary N) is 2. The van der Waals surface area contributed by atoms with E-state index in [0.29, 0.717) is 12.1 Å². The van der Waals surface area contributed by atoms with E-state index >= 15 is 0 Å². The third kappa shape index (κ3) is 5.93. The number of carbonyl (C=O) groups is 2. The van der Waals surface area contributed by atoms with Crippen molar-refractivity contribution in [3.8, 4) is 0 Å². The fourth-order valence-electron chi connectivity index (χ4n) is 2.93. The number of amides is 2. The van der Waals surface area contributed by atoms with Gasteiger partial charge in [-0.05, 0) is 37.7 Å². The lowest BCUT2D eigenvalue weighted by Crippen LogP contribution is -2.51. The van der Waals surface area contributed by atoms with E-state index in [9.17, 15) is 9.59 Å². The molecule has 27 heavy (non-hydrogen) atoms. The van der Waals surface area contributed by atoms with Crippen molar-refractivity contribution >= 4 is 11.8 Å². The molecular formula is C22H29N3O2. The standard InChI is InChI=1S/C22H29N3O2/c1-16(2)20(24-21(26)18-13-9-6-10-14-18)22(27)23-15-19(25(3)4)17-11-7-5-8-12-17/h5-14,16,19-20H,15H2,1-4H3,(H,23,27)(H,24,26)/t19-,20-/m0/s1. The maximum Gasteiger partial charge on any atom is 0.251 e. The second kappa shape index (κ2) is 9.88. The summed E-state index contributed by atoms with van der Waals surface area (Å²) < 4.78 is 0. The molecule has 2 amide bonds. The maximum absolute atomic E-state index is 12.8. The Kier molecular flexibility index (Phi) is 7.55. The van der Waals surface area contributed by atoms with E-state index in [1.165, 1.54) is 0 Å². The van der Waals surface area contributed by atoms with Crippen LogP contribution in [0.15, 0.2) is 60.7 Å². The van der Waals surface area contributed by atoms with Gasteiger partial charge in [0.05, 0.1) is 6.04 Å². The monoisotopic (exact) mass is 367 g/mol. The predicted molar refractivity (Wildman–Crippen MR) is 108 cm³/mol. The van der Waals surface area contributed by atoms with Crippen LogP contribution in [0.4, 0.5) is 0 Å². The second-order valence-electron chi connectivity index (χ2n) is 7.20. The molecule has 0 unspecified atom stereocenters. The highest BCUT2D eigenvalue weighted by Gasteiger charge is 2.25. The van der Waals surface area contributed by atoms with Gasteiger partial charge in [0.25, 0.3) is 5.91 Å². The SMILES string of the molecule is CC(C)[C@H](NC(=O)c1ccccc1)C(=O)NC[C@@H](c1ccccc1)N(C)C. The summed E-state index contributed by atoms with van der Waals surface area (Å²) in [4.78, 5) is 27.3. The minimum Gasteiger partial charge on any atom is -0.352 e. The zero-order chi connectivity index (χ0) is 19.8. The molecule has 2 rings (SSSR count). The van der Waals surface area contributed by atoms with Crippen LogP contribution in [0, 0.1) is 5.92 Å². The van der Waals surface area contributed by atoms with Crippen LogP contribution in [0.5, 0.6) is 0 Å². The Morgan fingerprint density at radius 3 is 2.00 bits per heavy atom. The molecule has 0 radical (unpaired) electrons. The van der Waals surface area contributed by atoms with E-state index in [2.05, 4.69) is 15.5 Å². The molecule has 0 heterocycles. The summed E-state index contributed by atoms with van der Waals surface area (Å²) in [5.41, 5.74) is 1.68. The number of benzene rings is 2. The van der Waals surface area contributed by atoms with Gasteiger partial charge in [-0.15, -0.1) is 0 Å². The Labute approximate surface area is 161 Å². The Balaban J connectivity index is 2.03. The molecule has 0 saturated carbocycles. The Morgan fingerprint density at radius 1 is 0.926 bits per heavy atom. The van der Waals surface area contributed by atoms with E-state index in [1.807, 2.05) is 64.3 Å².